The maximum absolute atomic E-state index is 12.4. The van der Waals surface area contributed by atoms with Gasteiger partial charge in [-0.3, -0.25) is 4.79 Å². The zero-order valence-electron chi connectivity index (χ0n) is 15.9. The number of carboxylic acid groups (broad SMARTS) is 1. The maximum atomic E-state index is 12.4. The van der Waals surface area contributed by atoms with E-state index in [2.05, 4.69) is 5.32 Å². The summed E-state index contributed by atoms with van der Waals surface area (Å²) in [5.41, 5.74) is 2.25. The third-order valence-electron chi connectivity index (χ3n) is 4.89. The van der Waals surface area contributed by atoms with Gasteiger partial charge in [-0.15, -0.1) is 0 Å². The zero-order chi connectivity index (χ0) is 19.9. The van der Waals surface area contributed by atoms with E-state index in [0.717, 1.165) is 37.4 Å². The van der Waals surface area contributed by atoms with Crippen LogP contribution in [0, 0.1) is 12.8 Å². The molecule has 28 heavy (non-hydrogen) atoms. The second kappa shape index (κ2) is 9.37. The first-order valence-corrected chi connectivity index (χ1v) is 9.45. The van der Waals surface area contributed by atoms with E-state index < -0.39 is 5.97 Å². The molecule has 2 N–H and O–H groups in total. The molecule has 1 saturated heterocycles. The molecule has 0 spiro atoms. The van der Waals surface area contributed by atoms with Crippen LogP contribution in [0.2, 0.25) is 0 Å². The van der Waals surface area contributed by atoms with Gasteiger partial charge >= 0.3 is 5.97 Å². The van der Waals surface area contributed by atoms with E-state index in [9.17, 15) is 14.7 Å². The number of aromatic carboxylic acids is 1. The Morgan fingerprint density at radius 2 is 1.93 bits per heavy atom. The van der Waals surface area contributed by atoms with Crippen LogP contribution in [0.25, 0.3) is 0 Å². The third kappa shape index (κ3) is 5.33. The molecular formula is C22H25NO5. The van der Waals surface area contributed by atoms with Crippen LogP contribution in [0.4, 0.5) is 5.69 Å². The van der Waals surface area contributed by atoms with Crippen LogP contribution in [0.1, 0.15) is 34.3 Å². The number of nitrogens with one attached hydrogen (secondary N) is 1. The minimum Gasteiger partial charge on any atom is -0.493 e. The molecule has 0 radical (unpaired) electrons. The summed E-state index contributed by atoms with van der Waals surface area (Å²) >= 11 is 0. The van der Waals surface area contributed by atoms with Crippen molar-refractivity contribution in [2.24, 2.45) is 5.92 Å². The van der Waals surface area contributed by atoms with E-state index in [1.807, 2.05) is 25.1 Å². The molecule has 6 heteroatoms. The Labute approximate surface area is 164 Å². The van der Waals surface area contributed by atoms with E-state index >= 15 is 0 Å². The summed E-state index contributed by atoms with van der Waals surface area (Å²) in [6.07, 6.45) is 1.99. The molecule has 1 heterocycles. The molecule has 1 aliphatic heterocycles. The Kier molecular flexibility index (Phi) is 6.66. The number of hydrogen-bond donors (Lipinski definition) is 2. The summed E-state index contributed by atoms with van der Waals surface area (Å²) in [5.74, 6) is -0.0791. The van der Waals surface area contributed by atoms with Gasteiger partial charge in [0.15, 0.2) is 0 Å². The highest BCUT2D eigenvalue weighted by atomic mass is 16.5. The third-order valence-corrected chi connectivity index (χ3v) is 4.89. The van der Waals surface area contributed by atoms with Crippen molar-refractivity contribution in [1.82, 2.24) is 0 Å². The van der Waals surface area contributed by atoms with Gasteiger partial charge in [0.2, 0.25) is 5.91 Å². The Hall–Kier alpha value is -2.86. The van der Waals surface area contributed by atoms with Crippen molar-refractivity contribution in [3.63, 3.8) is 0 Å². The largest absolute Gasteiger partial charge is 0.493 e. The van der Waals surface area contributed by atoms with E-state index in [4.69, 9.17) is 9.47 Å². The lowest BCUT2D eigenvalue weighted by Crippen LogP contribution is -2.21. The number of rotatable bonds is 7. The first kappa shape index (κ1) is 19.9. The second-order valence-electron chi connectivity index (χ2n) is 7.03. The van der Waals surface area contributed by atoms with Crippen LogP contribution < -0.4 is 10.1 Å². The summed E-state index contributed by atoms with van der Waals surface area (Å²) in [5, 5.41) is 12.1. The van der Waals surface area contributed by atoms with Crippen LogP contribution in [-0.4, -0.2) is 36.8 Å². The van der Waals surface area contributed by atoms with Crippen LogP contribution in [-0.2, 0) is 16.0 Å². The van der Waals surface area contributed by atoms with Gasteiger partial charge in [-0.05, 0) is 48.9 Å². The SMILES string of the molecule is Cc1ccc(NC(=O)Cc2ccccc2C(=O)O)cc1OCC1CCOCC1. The predicted molar refractivity (Wildman–Crippen MR) is 106 cm³/mol. The quantitative estimate of drug-likeness (QED) is 0.762. The van der Waals surface area contributed by atoms with Crippen molar-refractivity contribution in [2.75, 3.05) is 25.1 Å². The lowest BCUT2D eigenvalue weighted by atomic mass is 10.0. The van der Waals surface area contributed by atoms with Gasteiger partial charge in [0.05, 0.1) is 18.6 Å². The van der Waals surface area contributed by atoms with Crippen molar-refractivity contribution in [3.8, 4) is 5.75 Å². The smallest absolute Gasteiger partial charge is 0.335 e. The molecule has 0 atom stereocenters. The molecule has 148 valence electrons. The topological polar surface area (TPSA) is 84.9 Å². The van der Waals surface area contributed by atoms with Gasteiger partial charge in [0.1, 0.15) is 5.75 Å². The summed E-state index contributed by atoms with van der Waals surface area (Å²) in [7, 11) is 0. The molecule has 1 amide bonds. The Morgan fingerprint density at radius 3 is 2.68 bits per heavy atom. The van der Waals surface area contributed by atoms with Gasteiger partial charge in [-0.25, -0.2) is 4.79 Å². The van der Waals surface area contributed by atoms with Gasteiger partial charge < -0.3 is 19.9 Å². The number of carboxylic acids is 1. The fourth-order valence-electron chi connectivity index (χ4n) is 3.22. The summed E-state index contributed by atoms with van der Waals surface area (Å²) in [4.78, 5) is 23.7. The molecule has 0 aliphatic carbocycles. The number of benzene rings is 2. The number of carbonyl (C=O) groups excluding carboxylic acids is 1. The number of hydrogen-bond acceptors (Lipinski definition) is 4. The molecule has 0 unspecified atom stereocenters. The van der Waals surface area contributed by atoms with Gasteiger partial charge in [0.25, 0.3) is 0 Å². The Balaban J connectivity index is 1.62. The van der Waals surface area contributed by atoms with Crippen LogP contribution in [0.15, 0.2) is 42.5 Å². The molecule has 2 aromatic carbocycles. The van der Waals surface area contributed by atoms with E-state index in [0.29, 0.717) is 23.8 Å². The van der Waals surface area contributed by atoms with Crippen LogP contribution >= 0.6 is 0 Å². The standard InChI is InChI=1S/C22H25NO5/c1-15-6-7-18(13-20(15)28-14-16-8-10-27-11-9-16)23-21(24)12-17-4-2-3-5-19(17)22(25)26/h2-7,13,16H,8-12,14H2,1H3,(H,23,24)(H,25,26). The predicted octanol–water partition coefficient (Wildman–Crippen LogP) is 3.68. The molecule has 0 aromatic heterocycles. The van der Waals surface area contributed by atoms with Gasteiger partial charge in [0, 0.05) is 25.0 Å². The molecule has 0 saturated carbocycles. The van der Waals surface area contributed by atoms with Crippen LogP contribution in [0.3, 0.4) is 0 Å². The van der Waals surface area contributed by atoms with Gasteiger partial charge in [-0.1, -0.05) is 24.3 Å². The fourth-order valence-corrected chi connectivity index (χ4v) is 3.22. The van der Waals surface area contributed by atoms with Crippen molar-refractivity contribution < 1.29 is 24.2 Å². The first-order chi connectivity index (χ1) is 13.5. The minimum atomic E-state index is -1.04. The minimum absolute atomic E-state index is 0.00534. The number of carbonyl (C=O) groups is 2. The highest BCUT2D eigenvalue weighted by molar-refractivity contribution is 5.96. The van der Waals surface area contributed by atoms with Crippen LogP contribution in [0.5, 0.6) is 5.75 Å². The summed E-state index contributed by atoms with van der Waals surface area (Å²) in [6, 6.07) is 12.1. The normalized spacial score (nSPS) is 14.5. The van der Waals surface area contributed by atoms with E-state index in [1.54, 1.807) is 18.2 Å². The molecule has 1 aliphatic rings. The number of anilines is 1. The molecule has 0 bridgehead atoms. The number of amides is 1. The van der Waals surface area contributed by atoms with Gasteiger partial charge in [-0.2, -0.15) is 0 Å². The molecule has 1 fully saturated rings. The molecular weight excluding hydrogens is 358 g/mol. The summed E-state index contributed by atoms with van der Waals surface area (Å²) in [6.45, 7) is 4.16. The zero-order valence-corrected chi connectivity index (χ0v) is 15.9. The fraction of sp³-hybridized carbons (Fsp3) is 0.364. The van der Waals surface area contributed by atoms with E-state index in [1.165, 1.54) is 6.07 Å². The summed E-state index contributed by atoms with van der Waals surface area (Å²) < 4.78 is 11.4. The maximum Gasteiger partial charge on any atom is 0.335 e. The Morgan fingerprint density at radius 1 is 1.18 bits per heavy atom. The highest BCUT2D eigenvalue weighted by Gasteiger charge is 2.16. The number of aryl methyl sites for hydroxylation is 1. The average molecular weight is 383 g/mol. The second-order valence-corrected chi connectivity index (χ2v) is 7.03. The van der Waals surface area contributed by atoms with Crippen molar-refractivity contribution >= 4 is 17.6 Å². The lowest BCUT2D eigenvalue weighted by molar-refractivity contribution is -0.115. The van der Waals surface area contributed by atoms with Crippen molar-refractivity contribution in [2.45, 2.75) is 26.2 Å². The lowest BCUT2D eigenvalue weighted by Gasteiger charge is -2.22. The average Bonchev–Trinajstić information content (AvgIpc) is 2.69. The molecule has 6 nitrogen and oxygen atoms in total. The first-order valence-electron chi connectivity index (χ1n) is 9.45. The molecule has 2 aromatic rings. The molecule has 3 rings (SSSR count). The van der Waals surface area contributed by atoms with E-state index in [-0.39, 0.29) is 17.9 Å². The monoisotopic (exact) mass is 383 g/mol. The highest BCUT2D eigenvalue weighted by Crippen LogP contribution is 2.25. The Bertz CT molecular complexity index is 843. The van der Waals surface area contributed by atoms with Crippen molar-refractivity contribution in [3.05, 3.63) is 59.2 Å². The van der Waals surface area contributed by atoms with Crippen molar-refractivity contribution in [1.29, 1.82) is 0 Å². The number of ether oxygens (including phenoxy) is 2.